The van der Waals surface area contributed by atoms with Crippen LogP contribution in [0.25, 0.3) is 0 Å². The number of carbonyl (C=O) groups is 2. The van der Waals surface area contributed by atoms with Crippen LogP contribution in [-0.2, 0) is 4.79 Å². The third-order valence-electron chi connectivity index (χ3n) is 2.56. The molecule has 3 nitrogen and oxygen atoms in total. The van der Waals surface area contributed by atoms with Crippen molar-refractivity contribution >= 4 is 18.9 Å². The highest BCUT2D eigenvalue weighted by atomic mass is 16.1. The zero-order valence-corrected chi connectivity index (χ0v) is 11.1. The predicted molar refractivity (Wildman–Crippen MR) is 69.3 cm³/mol. The van der Waals surface area contributed by atoms with Crippen molar-refractivity contribution in [2.45, 2.75) is 53.3 Å². The second-order valence-electron chi connectivity index (χ2n) is 5.19. The predicted octanol–water partition coefficient (Wildman–Crippen LogP) is 2.36. The summed E-state index contributed by atoms with van der Waals surface area (Å²) < 4.78 is 0. The van der Waals surface area contributed by atoms with Crippen LogP contribution in [0.3, 0.4) is 0 Å². The summed E-state index contributed by atoms with van der Waals surface area (Å²) in [6.07, 6.45) is 3.55. The summed E-state index contributed by atoms with van der Waals surface area (Å²) >= 11 is 0. The molecule has 0 aliphatic heterocycles. The van der Waals surface area contributed by atoms with Crippen LogP contribution in [-0.4, -0.2) is 25.4 Å². The van der Waals surface area contributed by atoms with Gasteiger partial charge in [-0.05, 0) is 12.8 Å². The maximum absolute atomic E-state index is 11.6. The lowest BCUT2D eigenvalue weighted by molar-refractivity contribution is -0.126. The summed E-state index contributed by atoms with van der Waals surface area (Å²) in [5.41, 5.74) is -0.212. The van der Waals surface area contributed by atoms with Gasteiger partial charge in [0.15, 0.2) is 5.81 Å². The number of nitrogens with one attached hydrogen (secondary N) is 1. The normalized spacial score (nSPS) is 11.0. The van der Waals surface area contributed by atoms with Gasteiger partial charge in [-0.15, -0.1) is 0 Å². The molecule has 1 amide bonds. The first-order chi connectivity index (χ1) is 7.38. The summed E-state index contributed by atoms with van der Waals surface area (Å²) in [6, 6.07) is 0. The van der Waals surface area contributed by atoms with Gasteiger partial charge in [0, 0.05) is 18.4 Å². The average Bonchev–Trinajstić information content (AvgIpc) is 2.20. The first-order valence-corrected chi connectivity index (χ1v) is 6.18. The van der Waals surface area contributed by atoms with Crippen LogP contribution in [0.1, 0.15) is 46.5 Å². The molecule has 0 aliphatic rings. The standard InChI is InChI=1S/C12H24BNO2/c1-12(2,3)10(15)8-6-5-7-9-14-11(16)13-4/h13H,5-9H2,1-4H3,(H,14,16). The molecule has 0 radical (unpaired) electrons. The Labute approximate surface area is 99.6 Å². The van der Waals surface area contributed by atoms with E-state index in [0.29, 0.717) is 19.5 Å². The summed E-state index contributed by atoms with van der Waals surface area (Å²) in [7, 11) is 0.544. The molecule has 0 atom stereocenters. The van der Waals surface area contributed by atoms with Crippen molar-refractivity contribution in [3.8, 4) is 0 Å². The molecule has 0 bridgehead atoms. The van der Waals surface area contributed by atoms with E-state index in [1.807, 2.05) is 27.6 Å². The van der Waals surface area contributed by atoms with Gasteiger partial charge in [0.25, 0.3) is 0 Å². The average molecular weight is 225 g/mol. The minimum atomic E-state index is -0.212. The van der Waals surface area contributed by atoms with Crippen molar-refractivity contribution in [1.29, 1.82) is 0 Å². The molecule has 0 aliphatic carbocycles. The number of rotatable bonds is 7. The number of carbonyl (C=O) groups excluding carboxylic acids is 2. The molecular formula is C12H24BNO2. The molecule has 0 unspecified atom stereocenters. The lowest BCUT2D eigenvalue weighted by Gasteiger charge is -2.16. The van der Waals surface area contributed by atoms with Crippen molar-refractivity contribution in [2.24, 2.45) is 5.41 Å². The topological polar surface area (TPSA) is 46.2 Å². The highest BCUT2D eigenvalue weighted by molar-refractivity contribution is 6.72. The molecule has 0 rings (SSSR count). The number of ketones is 1. The van der Waals surface area contributed by atoms with E-state index in [-0.39, 0.29) is 11.2 Å². The Hall–Kier alpha value is -0.795. The lowest BCUT2D eigenvalue weighted by Crippen LogP contribution is -2.26. The molecule has 92 valence electrons. The fourth-order valence-corrected chi connectivity index (χ4v) is 1.32. The Morgan fingerprint density at radius 1 is 1.12 bits per heavy atom. The third kappa shape index (κ3) is 7.49. The smallest absolute Gasteiger partial charge is 0.230 e. The molecule has 0 spiro atoms. The number of amides is 1. The van der Waals surface area contributed by atoms with Crippen molar-refractivity contribution < 1.29 is 9.59 Å². The minimum Gasteiger partial charge on any atom is -0.365 e. The van der Waals surface area contributed by atoms with Crippen molar-refractivity contribution in [2.75, 3.05) is 6.54 Å². The van der Waals surface area contributed by atoms with Crippen molar-refractivity contribution in [1.82, 2.24) is 5.32 Å². The maximum Gasteiger partial charge on any atom is 0.230 e. The fourth-order valence-electron chi connectivity index (χ4n) is 1.32. The van der Waals surface area contributed by atoms with Crippen LogP contribution in [0, 0.1) is 5.41 Å². The van der Waals surface area contributed by atoms with Gasteiger partial charge in [-0.1, -0.05) is 34.0 Å². The van der Waals surface area contributed by atoms with Gasteiger partial charge in [-0.3, -0.25) is 9.59 Å². The first kappa shape index (κ1) is 15.2. The van der Waals surface area contributed by atoms with E-state index in [1.165, 1.54) is 0 Å². The Balaban J connectivity index is 3.41. The van der Waals surface area contributed by atoms with E-state index in [1.54, 1.807) is 0 Å². The van der Waals surface area contributed by atoms with Crippen LogP contribution in [0.5, 0.6) is 0 Å². The van der Waals surface area contributed by atoms with Crippen LogP contribution < -0.4 is 5.32 Å². The number of hydrogen-bond acceptors (Lipinski definition) is 2. The number of hydrogen-bond donors (Lipinski definition) is 1. The Morgan fingerprint density at radius 2 is 1.75 bits per heavy atom. The molecule has 1 N–H and O–H groups in total. The van der Waals surface area contributed by atoms with Crippen molar-refractivity contribution in [3.05, 3.63) is 0 Å². The van der Waals surface area contributed by atoms with Gasteiger partial charge in [0.1, 0.15) is 5.78 Å². The van der Waals surface area contributed by atoms with Gasteiger partial charge in [0.05, 0.1) is 0 Å². The monoisotopic (exact) mass is 225 g/mol. The number of Topliss-reactive ketones (excluding diaryl/α,β-unsaturated/α-hetero) is 1. The Kier molecular flexibility index (Phi) is 7.10. The van der Waals surface area contributed by atoms with E-state index in [9.17, 15) is 9.59 Å². The zero-order chi connectivity index (χ0) is 12.6. The van der Waals surface area contributed by atoms with Crippen LogP contribution in [0.2, 0.25) is 6.82 Å². The van der Waals surface area contributed by atoms with Gasteiger partial charge < -0.3 is 5.32 Å². The van der Waals surface area contributed by atoms with Crippen LogP contribution in [0.15, 0.2) is 0 Å². The van der Waals surface area contributed by atoms with E-state index in [0.717, 1.165) is 25.8 Å². The summed E-state index contributed by atoms with van der Waals surface area (Å²) in [6.45, 7) is 8.44. The SMILES string of the molecule is CBC(=O)NCCCCCC(=O)C(C)(C)C. The van der Waals surface area contributed by atoms with E-state index in [2.05, 4.69) is 5.32 Å². The molecule has 0 aromatic heterocycles. The number of unbranched alkanes of at least 4 members (excludes halogenated alkanes) is 2. The van der Waals surface area contributed by atoms with Crippen LogP contribution >= 0.6 is 0 Å². The van der Waals surface area contributed by atoms with Gasteiger partial charge in [-0.2, -0.15) is 0 Å². The largest absolute Gasteiger partial charge is 0.365 e. The first-order valence-electron chi connectivity index (χ1n) is 6.18. The second-order valence-corrected chi connectivity index (χ2v) is 5.19. The van der Waals surface area contributed by atoms with E-state index in [4.69, 9.17) is 0 Å². The summed E-state index contributed by atoms with van der Waals surface area (Å²) in [5, 5.41) is 2.83. The summed E-state index contributed by atoms with van der Waals surface area (Å²) in [5.74, 6) is 0.427. The zero-order valence-electron chi connectivity index (χ0n) is 11.1. The molecular weight excluding hydrogens is 201 g/mol. The summed E-state index contributed by atoms with van der Waals surface area (Å²) in [4.78, 5) is 22.5. The lowest BCUT2D eigenvalue weighted by atomic mass is 9.81. The highest BCUT2D eigenvalue weighted by Gasteiger charge is 2.19. The Bertz CT molecular complexity index is 234. The second kappa shape index (κ2) is 7.47. The molecule has 4 heteroatoms. The molecule has 0 aromatic rings. The van der Waals surface area contributed by atoms with Crippen LogP contribution in [0.4, 0.5) is 4.79 Å². The Morgan fingerprint density at radius 3 is 2.25 bits per heavy atom. The van der Waals surface area contributed by atoms with Crippen molar-refractivity contribution in [3.63, 3.8) is 0 Å². The van der Waals surface area contributed by atoms with Gasteiger partial charge >= 0.3 is 0 Å². The third-order valence-corrected chi connectivity index (χ3v) is 2.56. The molecule has 0 fully saturated rings. The molecule has 0 saturated carbocycles. The fraction of sp³-hybridized carbons (Fsp3) is 0.833. The molecule has 0 heterocycles. The van der Waals surface area contributed by atoms with E-state index >= 15 is 0 Å². The maximum atomic E-state index is 11.6. The molecule has 0 aromatic carbocycles. The quantitative estimate of drug-likeness (QED) is 0.534. The highest BCUT2D eigenvalue weighted by Crippen LogP contribution is 2.18. The van der Waals surface area contributed by atoms with Gasteiger partial charge in [0.2, 0.25) is 7.28 Å². The molecule has 0 saturated heterocycles. The van der Waals surface area contributed by atoms with Gasteiger partial charge in [-0.25, -0.2) is 0 Å². The van der Waals surface area contributed by atoms with E-state index < -0.39 is 0 Å². The molecule has 16 heavy (non-hydrogen) atoms. The minimum absolute atomic E-state index is 0.103.